The van der Waals surface area contributed by atoms with Crippen LogP contribution in [0.1, 0.15) is 33.1 Å². The summed E-state index contributed by atoms with van der Waals surface area (Å²) in [5, 5.41) is 13.4. The number of benzene rings is 1. The Morgan fingerprint density at radius 2 is 1.73 bits per heavy atom. The Balaban J connectivity index is 1.67. The third kappa shape index (κ3) is 3.28. The number of nitrogens with zero attached hydrogens (tertiary/aromatic N) is 2. The third-order valence-electron chi connectivity index (χ3n) is 4.56. The van der Waals surface area contributed by atoms with E-state index in [-0.39, 0.29) is 11.5 Å². The van der Waals surface area contributed by atoms with Crippen LogP contribution in [0.4, 0.5) is 5.95 Å². The minimum atomic E-state index is -0.216. The maximum Gasteiger partial charge on any atom is 0.222 e. The summed E-state index contributed by atoms with van der Waals surface area (Å²) in [7, 11) is 0. The number of aliphatic hydroxyl groups is 1. The maximum absolute atomic E-state index is 10.0. The minimum absolute atomic E-state index is 0.0557. The molecular formula is C18H23N3O. The molecule has 1 aliphatic rings. The van der Waals surface area contributed by atoms with Gasteiger partial charge in [0.2, 0.25) is 5.95 Å². The largest absolute Gasteiger partial charge is 0.393 e. The second kappa shape index (κ2) is 6.05. The first kappa shape index (κ1) is 15.0. The Labute approximate surface area is 131 Å². The van der Waals surface area contributed by atoms with Crippen LogP contribution in [0, 0.1) is 5.41 Å². The van der Waals surface area contributed by atoms with Crippen LogP contribution < -0.4 is 5.32 Å². The highest BCUT2D eigenvalue weighted by Gasteiger charge is 2.35. The fraction of sp³-hybridized carbons (Fsp3) is 0.444. The van der Waals surface area contributed by atoms with Crippen LogP contribution in [-0.2, 0) is 0 Å². The monoisotopic (exact) mass is 297 g/mol. The van der Waals surface area contributed by atoms with E-state index in [0.717, 1.165) is 30.4 Å². The molecule has 2 N–H and O–H groups in total. The van der Waals surface area contributed by atoms with E-state index in [0.29, 0.717) is 12.0 Å². The summed E-state index contributed by atoms with van der Waals surface area (Å²) in [6, 6.07) is 10.4. The van der Waals surface area contributed by atoms with E-state index in [2.05, 4.69) is 41.3 Å². The van der Waals surface area contributed by atoms with Gasteiger partial charge < -0.3 is 10.4 Å². The molecule has 4 nitrogen and oxygen atoms in total. The average molecular weight is 297 g/mol. The summed E-state index contributed by atoms with van der Waals surface area (Å²) >= 11 is 0. The smallest absolute Gasteiger partial charge is 0.222 e. The SMILES string of the molecule is CC1(C)CC(Nc2ncc(-c3ccccc3)cn2)CCC1O. The van der Waals surface area contributed by atoms with E-state index in [9.17, 15) is 5.11 Å². The fourth-order valence-electron chi connectivity index (χ4n) is 3.11. The molecule has 0 amide bonds. The molecule has 0 saturated heterocycles. The van der Waals surface area contributed by atoms with Crippen LogP contribution in [0.2, 0.25) is 0 Å². The van der Waals surface area contributed by atoms with Gasteiger partial charge in [0.15, 0.2) is 0 Å². The second-order valence-corrected chi connectivity index (χ2v) is 6.79. The average Bonchev–Trinajstić information content (AvgIpc) is 2.52. The Kier molecular flexibility index (Phi) is 4.12. The van der Waals surface area contributed by atoms with Gasteiger partial charge in [-0.3, -0.25) is 0 Å². The first-order valence-electron chi connectivity index (χ1n) is 7.87. The molecule has 22 heavy (non-hydrogen) atoms. The van der Waals surface area contributed by atoms with Gasteiger partial charge in [-0.15, -0.1) is 0 Å². The first-order chi connectivity index (χ1) is 10.5. The molecule has 1 fully saturated rings. The van der Waals surface area contributed by atoms with Crippen molar-refractivity contribution in [3.63, 3.8) is 0 Å². The van der Waals surface area contributed by atoms with E-state index in [1.54, 1.807) is 0 Å². The van der Waals surface area contributed by atoms with Crippen LogP contribution in [0.25, 0.3) is 11.1 Å². The number of nitrogens with one attached hydrogen (secondary N) is 1. The van der Waals surface area contributed by atoms with Gasteiger partial charge in [-0.2, -0.15) is 0 Å². The Morgan fingerprint density at radius 1 is 1.05 bits per heavy atom. The van der Waals surface area contributed by atoms with Crippen molar-refractivity contribution in [2.24, 2.45) is 5.41 Å². The molecule has 2 unspecified atom stereocenters. The van der Waals surface area contributed by atoms with Crippen molar-refractivity contribution in [3.8, 4) is 11.1 Å². The molecule has 1 aliphatic carbocycles. The van der Waals surface area contributed by atoms with Crippen molar-refractivity contribution >= 4 is 5.95 Å². The Bertz CT molecular complexity index is 610. The number of anilines is 1. The molecule has 0 radical (unpaired) electrons. The number of rotatable bonds is 3. The van der Waals surface area contributed by atoms with E-state index < -0.39 is 0 Å². The summed E-state index contributed by atoms with van der Waals surface area (Å²) < 4.78 is 0. The van der Waals surface area contributed by atoms with Crippen LogP contribution in [0.15, 0.2) is 42.7 Å². The Morgan fingerprint density at radius 3 is 2.36 bits per heavy atom. The molecule has 0 aliphatic heterocycles. The molecule has 0 bridgehead atoms. The molecule has 1 saturated carbocycles. The highest BCUT2D eigenvalue weighted by atomic mass is 16.3. The van der Waals surface area contributed by atoms with Gasteiger partial charge in [-0.25, -0.2) is 9.97 Å². The quantitative estimate of drug-likeness (QED) is 0.910. The minimum Gasteiger partial charge on any atom is -0.393 e. The zero-order valence-corrected chi connectivity index (χ0v) is 13.2. The van der Waals surface area contributed by atoms with Gasteiger partial charge in [0.25, 0.3) is 0 Å². The topological polar surface area (TPSA) is 58.0 Å². The number of aromatic nitrogens is 2. The highest BCUT2D eigenvalue weighted by Crippen LogP contribution is 2.36. The van der Waals surface area contributed by atoms with Gasteiger partial charge in [-0.1, -0.05) is 44.2 Å². The van der Waals surface area contributed by atoms with Gasteiger partial charge in [0.05, 0.1) is 6.10 Å². The van der Waals surface area contributed by atoms with E-state index >= 15 is 0 Å². The normalized spacial score (nSPS) is 24.0. The van der Waals surface area contributed by atoms with Gasteiger partial charge in [0, 0.05) is 24.0 Å². The lowest BCUT2D eigenvalue weighted by molar-refractivity contribution is 0.00922. The van der Waals surface area contributed by atoms with Gasteiger partial charge >= 0.3 is 0 Å². The summed E-state index contributed by atoms with van der Waals surface area (Å²) in [5.74, 6) is 0.664. The van der Waals surface area contributed by atoms with E-state index in [4.69, 9.17) is 0 Å². The summed E-state index contributed by atoms with van der Waals surface area (Å²) in [5.41, 5.74) is 2.08. The van der Waals surface area contributed by atoms with Crippen molar-refractivity contribution in [1.29, 1.82) is 0 Å². The lowest BCUT2D eigenvalue weighted by Crippen LogP contribution is -2.41. The van der Waals surface area contributed by atoms with Crippen LogP contribution >= 0.6 is 0 Å². The maximum atomic E-state index is 10.0. The highest BCUT2D eigenvalue weighted by molar-refractivity contribution is 5.61. The lowest BCUT2D eigenvalue weighted by atomic mass is 9.73. The van der Waals surface area contributed by atoms with Crippen molar-refractivity contribution in [3.05, 3.63) is 42.7 Å². The molecule has 1 aromatic carbocycles. The predicted molar refractivity (Wildman–Crippen MR) is 88.5 cm³/mol. The molecule has 1 heterocycles. The summed E-state index contributed by atoms with van der Waals surface area (Å²) in [6.07, 6.45) is 6.20. The molecule has 0 spiro atoms. The molecule has 2 aromatic rings. The third-order valence-corrected chi connectivity index (χ3v) is 4.56. The number of hydrogen-bond acceptors (Lipinski definition) is 4. The second-order valence-electron chi connectivity index (χ2n) is 6.79. The fourth-order valence-corrected chi connectivity index (χ4v) is 3.11. The number of hydrogen-bond donors (Lipinski definition) is 2. The van der Waals surface area contributed by atoms with Crippen molar-refractivity contribution in [2.45, 2.75) is 45.3 Å². The molecule has 116 valence electrons. The van der Waals surface area contributed by atoms with Gasteiger partial charge in [-0.05, 0) is 30.2 Å². The van der Waals surface area contributed by atoms with Crippen LogP contribution in [0.3, 0.4) is 0 Å². The van der Waals surface area contributed by atoms with Crippen molar-refractivity contribution < 1.29 is 5.11 Å². The van der Waals surface area contributed by atoms with E-state index in [1.807, 2.05) is 30.6 Å². The molecule has 1 aromatic heterocycles. The molecular weight excluding hydrogens is 274 g/mol. The van der Waals surface area contributed by atoms with Crippen molar-refractivity contribution in [1.82, 2.24) is 9.97 Å². The zero-order chi connectivity index (χ0) is 15.6. The molecule has 3 rings (SSSR count). The van der Waals surface area contributed by atoms with Gasteiger partial charge in [0.1, 0.15) is 0 Å². The lowest BCUT2D eigenvalue weighted by Gasteiger charge is -2.39. The van der Waals surface area contributed by atoms with Crippen molar-refractivity contribution in [2.75, 3.05) is 5.32 Å². The zero-order valence-electron chi connectivity index (χ0n) is 13.2. The molecule has 4 heteroatoms. The van der Waals surface area contributed by atoms with E-state index in [1.165, 1.54) is 0 Å². The predicted octanol–water partition coefficient (Wildman–Crippen LogP) is 3.50. The summed E-state index contributed by atoms with van der Waals surface area (Å²) in [4.78, 5) is 8.86. The van der Waals surface area contributed by atoms with Crippen LogP contribution in [0.5, 0.6) is 0 Å². The standard InChI is InChI=1S/C18H23N3O/c1-18(2)10-15(8-9-16(18)22)21-17-19-11-14(12-20-17)13-6-4-3-5-7-13/h3-7,11-12,15-16,22H,8-10H2,1-2H3,(H,19,20,21). The molecule has 2 atom stereocenters. The number of aliphatic hydroxyl groups excluding tert-OH is 1. The van der Waals surface area contributed by atoms with Crippen LogP contribution in [-0.4, -0.2) is 27.2 Å². The first-order valence-corrected chi connectivity index (χ1v) is 7.87. The summed E-state index contributed by atoms with van der Waals surface area (Å²) in [6.45, 7) is 4.23. The Hall–Kier alpha value is -1.94.